The predicted molar refractivity (Wildman–Crippen MR) is 80.2 cm³/mol. The Kier molecular flexibility index (Phi) is 4.17. The van der Waals surface area contributed by atoms with Crippen LogP contribution in [0.5, 0.6) is 0 Å². The molecule has 0 radical (unpaired) electrons. The van der Waals surface area contributed by atoms with E-state index >= 15 is 0 Å². The normalized spacial score (nSPS) is 18.9. The molecule has 1 saturated carbocycles. The number of allylic oxidation sites excluding steroid dienone is 1. The highest BCUT2D eigenvalue weighted by Crippen LogP contribution is 2.47. The molecule has 1 aromatic carbocycles. The van der Waals surface area contributed by atoms with Crippen molar-refractivity contribution in [3.05, 3.63) is 47.0 Å². The molecule has 0 amide bonds. The van der Waals surface area contributed by atoms with Crippen LogP contribution >= 0.6 is 11.6 Å². The van der Waals surface area contributed by atoms with Gasteiger partial charge in [-0.25, -0.2) is 0 Å². The van der Waals surface area contributed by atoms with Crippen molar-refractivity contribution >= 4 is 11.6 Å². The van der Waals surface area contributed by atoms with Gasteiger partial charge in [0.25, 0.3) is 0 Å². The van der Waals surface area contributed by atoms with Crippen LogP contribution < -0.4 is 0 Å². The number of hydrogen-bond acceptors (Lipinski definition) is 0. The predicted octanol–water partition coefficient (Wildman–Crippen LogP) is 5.75. The van der Waals surface area contributed by atoms with Gasteiger partial charge in [-0.3, -0.25) is 0 Å². The Morgan fingerprint density at radius 1 is 1.22 bits per heavy atom. The number of rotatable bonds is 3. The summed E-state index contributed by atoms with van der Waals surface area (Å²) >= 11 is 6.18. The first-order valence-electron chi connectivity index (χ1n) is 7.01. The van der Waals surface area contributed by atoms with Gasteiger partial charge in [0.1, 0.15) is 0 Å². The zero-order chi connectivity index (χ0) is 13.2. The lowest BCUT2D eigenvalue weighted by Gasteiger charge is -2.41. The Balaban J connectivity index is 2.44. The summed E-state index contributed by atoms with van der Waals surface area (Å²) in [5.74, 6) is 0.530. The molecule has 0 bridgehead atoms. The maximum atomic E-state index is 6.18. The summed E-state index contributed by atoms with van der Waals surface area (Å²) in [5.41, 5.74) is 2.91. The lowest BCUT2D eigenvalue weighted by molar-refractivity contribution is 0.321. The molecule has 0 N–H and O–H groups in total. The molecule has 1 aliphatic carbocycles. The lowest BCUT2D eigenvalue weighted by atomic mass is 9.63. The topological polar surface area (TPSA) is 0 Å². The Morgan fingerprint density at radius 2 is 1.89 bits per heavy atom. The molecule has 98 valence electrons. The average Bonchev–Trinajstić information content (AvgIpc) is 2.38. The average molecular weight is 263 g/mol. The summed E-state index contributed by atoms with van der Waals surface area (Å²) in [5, 5.41) is 0.842. The first-order chi connectivity index (χ1) is 8.56. The van der Waals surface area contributed by atoms with Crippen molar-refractivity contribution in [2.45, 2.75) is 51.4 Å². The van der Waals surface area contributed by atoms with Crippen LogP contribution in [0.1, 0.15) is 51.5 Å². The molecule has 0 heterocycles. The third kappa shape index (κ3) is 2.49. The summed E-state index contributed by atoms with van der Waals surface area (Å²) < 4.78 is 0. The summed E-state index contributed by atoms with van der Waals surface area (Å²) in [6.07, 6.45) is 6.42. The molecule has 2 rings (SSSR count). The van der Waals surface area contributed by atoms with E-state index in [1.807, 2.05) is 6.07 Å². The molecule has 0 nitrogen and oxygen atoms in total. The molecule has 18 heavy (non-hydrogen) atoms. The molecule has 1 aliphatic rings. The van der Waals surface area contributed by atoms with Crippen LogP contribution in [-0.4, -0.2) is 0 Å². The van der Waals surface area contributed by atoms with Crippen LogP contribution in [0.4, 0.5) is 0 Å². The fraction of sp³-hybridized carbons (Fsp3) is 0.529. The minimum atomic E-state index is 0.164. The highest BCUT2D eigenvalue weighted by atomic mass is 35.5. The van der Waals surface area contributed by atoms with Gasteiger partial charge in [-0.05, 0) is 36.5 Å². The van der Waals surface area contributed by atoms with Gasteiger partial charge in [-0.2, -0.15) is 0 Å². The second-order valence-electron chi connectivity index (χ2n) is 5.83. The Labute approximate surface area is 116 Å². The highest BCUT2D eigenvalue weighted by molar-refractivity contribution is 6.30. The van der Waals surface area contributed by atoms with Crippen molar-refractivity contribution in [1.82, 2.24) is 0 Å². The fourth-order valence-corrected chi connectivity index (χ4v) is 3.48. The first kappa shape index (κ1) is 13.7. The van der Waals surface area contributed by atoms with Gasteiger partial charge < -0.3 is 0 Å². The fourth-order valence-electron chi connectivity index (χ4n) is 3.29. The van der Waals surface area contributed by atoms with E-state index in [1.165, 1.54) is 43.2 Å². The van der Waals surface area contributed by atoms with Crippen LogP contribution in [0.25, 0.3) is 0 Å². The van der Waals surface area contributed by atoms with E-state index in [0.29, 0.717) is 5.92 Å². The van der Waals surface area contributed by atoms with Gasteiger partial charge in [-0.1, -0.05) is 69.0 Å². The first-order valence-corrected chi connectivity index (χ1v) is 7.39. The van der Waals surface area contributed by atoms with Gasteiger partial charge in [0.2, 0.25) is 0 Å². The van der Waals surface area contributed by atoms with E-state index in [1.54, 1.807) is 0 Å². The monoisotopic (exact) mass is 262 g/mol. The molecule has 0 spiro atoms. The molecule has 0 aromatic heterocycles. The van der Waals surface area contributed by atoms with Crippen molar-refractivity contribution in [2.75, 3.05) is 0 Å². The van der Waals surface area contributed by atoms with Gasteiger partial charge in [0.05, 0.1) is 0 Å². The van der Waals surface area contributed by atoms with Crippen molar-refractivity contribution in [3.8, 4) is 0 Å². The molecular weight excluding hydrogens is 240 g/mol. The Bertz CT molecular complexity index is 425. The van der Waals surface area contributed by atoms with E-state index in [0.717, 1.165) is 5.02 Å². The van der Waals surface area contributed by atoms with Crippen LogP contribution in [-0.2, 0) is 5.41 Å². The van der Waals surface area contributed by atoms with Gasteiger partial charge >= 0.3 is 0 Å². The third-order valence-corrected chi connectivity index (χ3v) is 4.63. The molecule has 0 saturated heterocycles. The van der Waals surface area contributed by atoms with E-state index in [-0.39, 0.29) is 5.41 Å². The van der Waals surface area contributed by atoms with E-state index < -0.39 is 0 Å². The largest absolute Gasteiger partial charge is 0.0987 e. The molecular formula is C17H23Cl. The molecule has 1 fully saturated rings. The molecule has 1 heteroatoms. The third-order valence-electron chi connectivity index (χ3n) is 4.40. The van der Waals surface area contributed by atoms with Crippen molar-refractivity contribution in [1.29, 1.82) is 0 Å². The summed E-state index contributed by atoms with van der Waals surface area (Å²) in [6.45, 7) is 8.92. The minimum Gasteiger partial charge on any atom is -0.0987 e. The van der Waals surface area contributed by atoms with Crippen molar-refractivity contribution in [2.24, 2.45) is 5.92 Å². The van der Waals surface area contributed by atoms with Crippen LogP contribution in [0.2, 0.25) is 5.02 Å². The Morgan fingerprint density at radius 3 is 2.44 bits per heavy atom. The minimum absolute atomic E-state index is 0.164. The maximum Gasteiger partial charge on any atom is 0.0409 e. The smallest absolute Gasteiger partial charge is 0.0409 e. The van der Waals surface area contributed by atoms with Crippen LogP contribution in [0.3, 0.4) is 0 Å². The number of benzene rings is 1. The van der Waals surface area contributed by atoms with Crippen LogP contribution in [0, 0.1) is 5.92 Å². The second-order valence-corrected chi connectivity index (χ2v) is 6.27. The maximum absolute atomic E-state index is 6.18. The number of hydrogen-bond donors (Lipinski definition) is 0. The highest BCUT2D eigenvalue weighted by Gasteiger charge is 2.37. The van der Waals surface area contributed by atoms with Crippen molar-refractivity contribution < 1.29 is 0 Å². The molecule has 0 unspecified atom stereocenters. The molecule has 1 aromatic rings. The van der Waals surface area contributed by atoms with E-state index in [4.69, 9.17) is 11.6 Å². The SMILES string of the molecule is C=C(C(C)C)C1(c2cccc(Cl)c2)CCCCC1. The standard InChI is InChI=1S/C17H23Cl/c1-13(2)14(3)17(10-5-4-6-11-17)15-8-7-9-16(18)12-15/h7-9,12-13H,3-6,10-11H2,1-2H3. The summed E-state index contributed by atoms with van der Waals surface area (Å²) in [6, 6.07) is 8.40. The van der Waals surface area contributed by atoms with Gasteiger partial charge in [-0.15, -0.1) is 0 Å². The van der Waals surface area contributed by atoms with Crippen molar-refractivity contribution in [3.63, 3.8) is 0 Å². The second kappa shape index (κ2) is 5.48. The molecule has 0 aliphatic heterocycles. The number of halogens is 1. The van der Waals surface area contributed by atoms with Gasteiger partial charge in [0.15, 0.2) is 0 Å². The Hall–Kier alpha value is -0.750. The summed E-state index contributed by atoms with van der Waals surface area (Å²) in [7, 11) is 0. The zero-order valence-electron chi connectivity index (χ0n) is 11.5. The lowest BCUT2D eigenvalue weighted by Crippen LogP contribution is -2.33. The van der Waals surface area contributed by atoms with Gasteiger partial charge in [0, 0.05) is 10.4 Å². The zero-order valence-corrected chi connectivity index (χ0v) is 12.3. The van der Waals surface area contributed by atoms with E-state index in [2.05, 4.69) is 38.6 Å². The quantitative estimate of drug-likeness (QED) is 0.608. The summed E-state index contributed by atoms with van der Waals surface area (Å²) in [4.78, 5) is 0. The van der Waals surface area contributed by atoms with E-state index in [9.17, 15) is 0 Å². The van der Waals surface area contributed by atoms with Crippen LogP contribution in [0.15, 0.2) is 36.4 Å². The molecule has 0 atom stereocenters.